The second-order valence-corrected chi connectivity index (χ2v) is 7.72. The zero-order valence-electron chi connectivity index (χ0n) is 13.3. The van der Waals surface area contributed by atoms with E-state index in [9.17, 15) is 13.2 Å². The molecule has 5 nitrogen and oxygen atoms in total. The summed E-state index contributed by atoms with van der Waals surface area (Å²) >= 11 is 0. The molecule has 1 aromatic carbocycles. The monoisotopic (exact) mass is 321 g/mol. The maximum atomic E-state index is 12.8. The molecule has 0 unspecified atom stereocenters. The van der Waals surface area contributed by atoms with E-state index in [1.54, 1.807) is 39.8 Å². The van der Waals surface area contributed by atoms with Crippen LogP contribution >= 0.6 is 0 Å². The Morgan fingerprint density at radius 2 is 1.73 bits per heavy atom. The number of carbonyl (C=O) groups is 1. The standard InChI is InChI=1S/C16H19NO4S/c1-11(2)10-14-16(4,5)21-15(18)17(14)22(19,20)13-8-6-12(3)7-9-13/h6-9H,1-5H3. The minimum absolute atomic E-state index is 0.0424. The van der Waals surface area contributed by atoms with E-state index in [1.165, 1.54) is 12.1 Å². The van der Waals surface area contributed by atoms with Crippen LogP contribution in [-0.2, 0) is 14.8 Å². The second-order valence-electron chi connectivity index (χ2n) is 5.93. The van der Waals surface area contributed by atoms with E-state index in [1.807, 2.05) is 6.92 Å². The average Bonchev–Trinajstić information content (AvgIpc) is 2.59. The van der Waals surface area contributed by atoms with Crippen LogP contribution in [0.3, 0.4) is 0 Å². The largest absolute Gasteiger partial charge is 0.435 e. The Kier molecular flexibility index (Phi) is 3.94. The smallest absolute Gasteiger partial charge is 0.430 e. The molecule has 1 aliphatic rings. The predicted octanol–water partition coefficient (Wildman–Crippen LogP) is 3.36. The molecule has 0 radical (unpaired) electrons. The Bertz CT molecular complexity index is 778. The molecule has 1 aliphatic heterocycles. The van der Waals surface area contributed by atoms with Gasteiger partial charge < -0.3 is 4.74 Å². The summed E-state index contributed by atoms with van der Waals surface area (Å²) in [7, 11) is -4.02. The van der Waals surface area contributed by atoms with Crippen molar-refractivity contribution in [3.63, 3.8) is 0 Å². The molecule has 22 heavy (non-hydrogen) atoms. The summed E-state index contributed by atoms with van der Waals surface area (Å²) < 4.78 is 31.5. The number of hydrogen-bond donors (Lipinski definition) is 0. The van der Waals surface area contributed by atoms with Crippen LogP contribution < -0.4 is 0 Å². The SMILES string of the molecule is CC(C)=C=C1N(S(=O)(=O)c2ccc(C)cc2)C(=O)OC1(C)C. The maximum Gasteiger partial charge on any atom is 0.430 e. The quantitative estimate of drug-likeness (QED) is 0.784. The number of sulfonamides is 1. The van der Waals surface area contributed by atoms with Crippen molar-refractivity contribution in [2.24, 2.45) is 0 Å². The fraction of sp³-hybridized carbons (Fsp3) is 0.375. The highest BCUT2D eigenvalue weighted by Crippen LogP contribution is 2.36. The Morgan fingerprint density at radius 1 is 1.18 bits per heavy atom. The maximum absolute atomic E-state index is 12.8. The van der Waals surface area contributed by atoms with Crippen LogP contribution in [0.15, 0.2) is 46.2 Å². The van der Waals surface area contributed by atoms with Gasteiger partial charge in [-0.1, -0.05) is 23.4 Å². The zero-order valence-corrected chi connectivity index (χ0v) is 14.1. The third-order valence-electron chi connectivity index (χ3n) is 3.21. The van der Waals surface area contributed by atoms with Crippen LogP contribution in [0.25, 0.3) is 0 Å². The molecule has 0 N–H and O–H groups in total. The normalized spacial score (nSPS) is 17.2. The molecule has 0 spiro atoms. The fourth-order valence-electron chi connectivity index (χ4n) is 2.12. The van der Waals surface area contributed by atoms with Crippen molar-refractivity contribution in [2.75, 3.05) is 0 Å². The second kappa shape index (κ2) is 5.30. The van der Waals surface area contributed by atoms with E-state index >= 15 is 0 Å². The minimum Gasteiger partial charge on any atom is -0.435 e. The van der Waals surface area contributed by atoms with Gasteiger partial charge >= 0.3 is 6.09 Å². The van der Waals surface area contributed by atoms with Crippen molar-refractivity contribution in [2.45, 2.75) is 45.1 Å². The van der Waals surface area contributed by atoms with Gasteiger partial charge in [0.1, 0.15) is 5.70 Å². The molecule has 1 aromatic rings. The molecule has 0 bridgehead atoms. The summed E-state index contributed by atoms with van der Waals surface area (Å²) in [6.45, 7) is 8.70. The van der Waals surface area contributed by atoms with E-state index < -0.39 is 21.7 Å². The summed E-state index contributed by atoms with van der Waals surface area (Å²) in [4.78, 5) is 12.2. The van der Waals surface area contributed by atoms with Gasteiger partial charge in [0, 0.05) is 0 Å². The third kappa shape index (κ3) is 2.80. The van der Waals surface area contributed by atoms with Gasteiger partial charge in [-0.3, -0.25) is 0 Å². The molecule has 6 heteroatoms. The van der Waals surface area contributed by atoms with E-state index in [2.05, 4.69) is 5.73 Å². The summed E-state index contributed by atoms with van der Waals surface area (Å²) in [5.74, 6) is 0. The lowest BCUT2D eigenvalue weighted by Gasteiger charge is -2.18. The van der Waals surface area contributed by atoms with Crippen molar-refractivity contribution >= 4 is 16.1 Å². The molecule has 0 saturated carbocycles. The Morgan fingerprint density at radius 3 is 2.23 bits per heavy atom. The molecule has 118 valence electrons. The van der Waals surface area contributed by atoms with Gasteiger partial charge in [0.25, 0.3) is 10.0 Å². The molecular formula is C16H19NO4S. The van der Waals surface area contributed by atoms with Crippen LogP contribution in [0.1, 0.15) is 33.3 Å². The van der Waals surface area contributed by atoms with Gasteiger partial charge in [-0.05, 0) is 52.3 Å². The van der Waals surface area contributed by atoms with E-state index in [4.69, 9.17) is 4.74 Å². The first-order valence-electron chi connectivity index (χ1n) is 6.85. The average molecular weight is 321 g/mol. The highest BCUT2D eigenvalue weighted by atomic mass is 32.2. The summed E-state index contributed by atoms with van der Waals surface area (Å²) in [6, 6.07) is 6.32. The number of hydrogen-bond acceptors (Lipinski definition) is 4. The first-order chi connectivity index (χ1) is 10.1. The summed E-state index contributed by atoms with van der Waals surface area (Å²) in [5, 5.41) is 0. The topological polar surface area (TPSA) is 63.7 Å². The van der Waals surface area contributed by atoms with Crippen LogP contribution in [0, 0.1) is 6.92 Å². The molecule has 2 rings (SSSR count). The molecule has 1 fully saturated rings. The third-order valence-corrected chi connectivity index (χ3v) is 4.89. The molecule has 1 saturated heterocycles. The lowest BCUT2D eigenvalue weighted by Crippen LogP contribution is -2.32. The van der Waals surface area contributed by atoms with Gasteiger partial charge in [0.2, 0.25) is 0 Å². The van der Waals surface area contributed by atoms with Crippen LogP contribution in [0.4, 0.5) is 4.79 Å². The van der Waals surface area contributed by atoms with Crippen LogP contribution in [0.5, 0.6) is 0 Å². The Labute approximate surface area is 130 Å². The van der Waals surface area contributed by atoms with E-state index in [-0.39, 0.29) is 10.6 Å². The molecule has 0 aromatic heterocycles. The van der Waals surface area contributed by atoms with Crippen molar-refractivity contribution in [3.8, 4) is 0 Å². The number of nitrogens with zero attached hydrogens (tertiary/aromatic N) is 1. The molecular weight excluding hydrogens is 302 g/mol. The van der Waals surface area contributed by atoms with E-state index in [0.29, 0.717) is 4.31 Å². The van der Waals surface area contributed by atoms with Crippen molar-refractivity contribution in [1.82, 2.24) is 4.31 Å². The Balaban J connectivity index is 2.65. The first kappa shape index (κ1) is 16.3. The van der Waals surface area contributed by atoms with Gasteiger partial charge in [-0.2, -0.15) is 4.31 Å². The van der Waals surface area contributed by atoms with Crippen LogP contribution in [0.2, 0.25) is 0 Å². The molecule has 0 aliphatic carbocycles. The number of amides is 1. The van der Waals surface area contributed by atoms with Crippen molar-refractivity contribution in [3.05, 3.63) is 46.8 Å². The number of ether oxygens (including phenoxy) is 1. The molecule has 1 heterocycles. The molecule has 0 atom stereocenters. The summed E-state index contributed by atoms with van der Waals surface area (Å²) in [6.07, 6.45) is -0.908. The number of carbonyl (C=O) groups excluding carboxylic acids is 1. The van der Waals surface area contributed by atoms with Gasteiger partial charge in [-0.25, -0.2) is 13.2 Å². The predicted molar refractivity (Wildman–Crippen MR) is 82.7 cm³/mol. The highest BCUT2D eigenvalue weighted by molar-refractivity contribution is 7.89. The zero-order chi connectivity index (χ0) is 16.7. The fourth-order valence-corrected chi connectivity index (χ4v) is 3.55. The summed E-state index contributed by atoms with van der Waals surface area (Å²) in [5.41, 5.74) is 3.77. The lowest BCUT2D eigenvalue weighted by molar-refractivity contribution is 0.0959. The van der Waals surface area contributed by atoms with Crippen molar-refractivity contribution < 1.29 is 17.9 Å². The first-order valence-corrected chi connectivity index (χ1v) is 8.29. The van der Waals surface area contributed by atoms with Crippen molar-refractivity contribution in [1.29, 1.82) is 0 Å². The number of cyclic esters (lactones) is 1. The minimum atomic E-state index is -4.02. The van der Waals surface area contributed by atoms with Gasteiger partial charge in [0.05, 0.1) is 4.90 Å². The number of benzene rings is 1. The highest BCUT2D eigenvalue weighted by Gasteiger charge is 2.49. The lowest BCUT2D eigenvalue weighted by atomic mass is 10.1. The number of rotatable bonds is 2. The van der Waals surface area contributed by atoms with Crippen LogP contribution in [-0.4, -0.2) is 24.4 Å². The Hall–Kier alpha value is -2.04. The van der Waals surface area contributed by atoms with E-state index in [0.717, 1.165) is 11.1 Å². The van der Waals surface area contributed by atoms with Gasteiger partial charge in [-0.15, -0.1) is 0 Å². The number of aryl methyl sites for hydroxylation is 1. The van der Waals surface area contributed by atoms with Gasteiger partial charge in [0.15, 0.2) is 5.60 Å². The molecule has 1 amide bonds.